The highest BCUT2D eigenvalue weighted by Gasteiger charge is 2.53. The number of aliphatic hydroxyl groups excluding tert-OH is 1. The summed E-state index contributed by atoms with van der Waals surface area (Å²) in [5.41, 5.74) is 10.1. The number of nitrogens with one attached hydrogen (secondary N) is 2. The molecule has 5 aromatic carbocycles. The standard InChI is InChI=1S/C39H35Cl2N3O4/c40-34-21-12-28(24-35(34)41)26-42-44-38(46)39(25-27-8-3-1-4-9-27)36(31-15-13-30(14-16-31)29-10-5-2-6-11-29)48-37(43-39)32-17-19-33(20-18-32)47-23-7-22-45/h1-6,8-21,24,36,42,45H,7,22-23,25-26H2,(H,44,46)/t36-,39-/m0/s1. The summed E-state index contributed by atoms with van der Waals surface area (Å²) in [5, 5.41) is 9.99. The number of carbonyl (C=O) groups excluding carboxylic acids is 1. The molecule has 0 radical (unpaired) electrons. The number of nitrogens with zero attached hydrogens (tertiary/aromatic N) is 1. The predicted octanol–water partition coefficient (Wildman–Crippen LogP) is 7.74. The van der Waals surface area contributed by atoms with Crippen LogP contribution in [0, 0.1) is 0 Å². The summed E-state index contributed by atoms with van der Waals surface area (Å²) in [4.78, 5) is 19.6. The molecule has 0 aliphatic carbocycles. The van der Waals surface area contributed by atoms with Crippen LogP contribution in [0.3, 0.4) is 0 Å². The number of halogens is 2. The Balaban J connectivity index is 1.36. The van der Waals surface area contributed by atoms with Gasteiger partial charge in [-0.05, 0) is 64.2 Å². The lowest BCUT2D eigenvalue weighted by molar-refractivity contribution is -0.130. The molecule has 1 amide bonds. The summed E-state index contributed by atoms with van der Waals surface area (Å²) in [6.45, 7) is 0.782. The van der Waals surface area contributed by atoms with Gasteiger partial charge in [-0.15, -0.1) is 0 Å². The fourth-order valence-electron chi connectivity index (χ4n) is 5.65. The van der Waals surface area contributed by atoms with Crippen LogP contribution in [-0.2, 0) is 22.5 Å². The fraction of sp³-hybridized carbons (Fsp3) is 0.179. The van der Waals surface area contributed by atoms with E-state index in [2.05, 4.69) is 23.0 Å². The van der Waals surface area contributed by atoms with E-state index in [4.69, 9.17) is 42.8 Å². The van der Waals surface area contributed by atoms with Crippen molar-refractivity contribution in [2.75, 3.05) is 13.2 Å². The van der Waals surface area contributed by atoms with Crippen LogP contribution in [-0.4, -0.2) is 35.7 Å². The molecule has 1 aliphatic rings. The van der Waals surface area contributed by atoms with E-state index in [9.17, 15) is 4.79 Å². The number of ether oxygens (including phenoxy) is 2. The van der Waals surface area contributed by atoms with Gasteiger partial charge in [0.15, 0.2) is 11.6 Å². The molecule has 0 fully saturated rings. The van der Waals surface area contributed by atoms with Crippen LogP contribution in [0.2, 0.25) is 10.0 Å². The Morgan fingerprint density at radius 3 is 2.15 bits per heavy atom. The first kappa shape index (κ1) is 33.2. The van der Waals surface area contributed by atoms with Crippen molar-refractivity contribution in [1.82, 2.24) is 10.9 Å². The molecular weight excluding hydrogens is 645 g/mol. The first-order valence-corrected chi connectivity index (χ1v) is 16.5. The molecule has 0 saturated heterocycles. The Morgan fingerprint density at radius 2 is 1.46 bits per heavy atom. The van der Waals surface area contributed by atoms with Gasteiger partial charge >= 0.3 is 0 Å². The van der Waals surface area contributed by atoms with E-state index < -0.39 is 11.6 Å². The van der Waals surface area contributed by atoms with Gasteiger partial charge in [-0.25, -0.2) is 10.4 Å². The van der Waals surface area contributed by atoms with E-state index >= 15 is 0 Å². The SMILES string of the molecule is O=C(NNCc1ccc(Cl)c(Cl)c1)[C@@]1(Cc2ccccc2)N=C(c2ccc(OCCCO)cc2)O[C@H]1c1ccc(-c2ccccc2)cc1. The summed E-state index contributed by atoms with van der Waals surface area (Å²) >= 11 is 12.3. The van der Waals surface area contributed by atoms with E-state index in [1.54, 1.807) is 12.1 Å². The van der Waals surface area contributed by atoms with Crippen molar-refractivity contribution >= 4 is 35.0 Å². The number of hydrogen-bond donors (Lipinski definition) is 3. The second kappa shape index (κ2) is 15.5. The number of carbonyl (C=O) groups is 1. The topological polar surface area (TPSA) is 92.2 Å². The largest absolute Gasteiger partial charge is 0.494 e. The molecule has 0 saturated carbocycles. The zero-order valence-corrected chi connectivity index (χ0v) is 27.6. The normalized spacial score (nSPS) is 17.0. The van der Waals surface area contributed by atoms with E-state index in [1.165, 1.54) is 0 Å². The Bertz CT molecular complexity index is 1850. The number of rotatable bonds is 13. The third-order valence-corrected chi connectivity index (χ3v) is 8.88. The van der Waals surface area contributed by atoms with Crippen LogP contribution in [0.5, 0.6) is 5.75 Å². The molecule has 0 aromatic heterocycles. The molecule has 2 atom stereocenters. The number of hydrazine groups is 1. The van der Waals surface area contributed by atoms with Crippen molar-refractivity contribution < 1.29 is 19.4 Å². The van der Waals surface area contributed by atoms with Crippen molar-refractivity contribution in [3.8, 4) is 16.9 Å². The Hall–Kier alpha value is -4.66. The molecule has 48 heavy (non-hydrogen) atoms. The van der Waals surface area contributed by atoms with E-state index in [-0.39, 0.29) is 18.9 Å². The van der Waals surface area contributed by atoms with Crippen molar-refractivity contribution in [2.24, 2.45) is 4.99 Å². The van der Waals surface area contributed by atoms with Gasteiger partial charge in [0.25, 0.3) is 5.91 Å². The first-order chi connectivity index (χ1) is 23.4. The van der Waals surface area contributed by atoms with Gasteiger partial charge in [-0.2, -0.15) is 0 Å². The first-order valence-electron chi connectivity index (χ1n) is 15.7. The molecule has 244 valence electrons. The average molecular weight is 681 g/mol. The number of benzene rings is 5. The number of aliphatic hydroxyl groups is 1. The molecule has 1 heterocycles. The van der Waals surface area contributed by atoms with Crippen LogP contribution in [0.4, 0.5) is 0 Å². The number of amides is 1. The van der Waals surface area contributed by atoms with Gasteiger partial charge in [0, 0.05) is 31.6 Å². The van der Waals surface area contributed by atoms with Crippen LogP contribution >= 0.6 is 23.2 Å². The van der Waals surface area contributed by atoms with Crippen LogP contribution < -0.4 is 15.6 Å². The molecule has 1 aliphatic heterocycles. The average Bonchev–Trinajstić information content (AvgIpc) is 3.51. The zero-order chi connectivity index (χ0) is 33.3. The Morgan fingerprint density at radius 1 is 0.792 bits per heavy atom. The molecule has 0 bridgehead atoms. The molecule has 6 rings (SSSR count). The highest BCUT2D eigenvalue weighted by Crippen LogP contribution is 2.43. The van der Waals surface area contributed by atoms with Gasteiger partial charge in [-0.1, -0.05) is 114 Å². The molecule has 9 heteroatoms. The molecule has 0 spiro atoms. The van der Waals surface area contributed by atoms with Crippen molar-refractivity contribution in [3.05, 3.63) is 160 Å². The fourth-order valence-corrected chi connectivity index (χ4v) is 5.98. The second-order valence-electron chi connectivity index (χ2n) is 11.5. The third-order valence-electron chi connectivity index (χ3n) is 8.15. The lowest BCUT2D eigenvalue weighted by Gasteiger charge is -2.31. The predicted molar refractivity (Wildman–Crippen MR) is 190 cm³/mol. The lowest BCUT2D eigenvalue weighted by atomic mass is 9.82. The van der Waals surface area contributed by atoms with Crippen LogP contribution in [0.15, 0.2) is 132 Å². The van der Waals surface area contributed by atoms with Crippen molar-refractivity contribution in [1.29, 1.82) is 0 Å². The van der Waals surface area contributed by atoms with E-state index in [1.807, 2.05) is 103 Å². The maximum absolute atomic E-state index is 14.5. The van der Waals surface area contributed by atoms with Crippen LogP contribution in [0.25, 0.3) is 11.1 Å². The summed E-state index contributed by atoms with van der Waals surface area (Å²) in [5.74, 6) is 0.672. The van der Waals surface area contributed by atoms with Crippen LogP contribution in [0.1, 0.15) is 34.8 Å². The summed E-state index contributed by atoms with van der Waals surface area (Å²) in [6, 6.07) is 40.7. The molecule has 5 aromatic rings. The van der Waals surface area contributed by atoms with Crippen molar-refractivity contribution in [2.45, 2.75) is 31.0 Å². The summed E-state index contributed by atoms with van der Waals surface area (Å²) < 4.78 is 12.4. The smallest absolute Gasteiger partial charge is 0.266 e. The quantitative estimate of drug-likeness (QED) is 0.0875. The zero-order valence-electron chi connectivity index (χ0n) is 26.1. The van der Waals surface area contributed by atoms with E-state index in [0.717, 1.165) is 27.8 Å². The summed E-state index contributed by atoms with van der Waals surface area (Å²) in [7, 11) is 0. The van der Waals surface area contributed by atoms with Crippen molar-refractivity contribution in [3.63, 3.8) is 0 Å². The van der Waals surface area contributed by atoms with Gasteiger partial charge < -0.3 is 14.6 Å². The summed E-state index contributed by atoms with van der Waals surface area (Å²) in [6.07, 6.45) is 0.0775. The molecular formula is C39H35Cl2N3O4. The lowest BCUT2D eigenvalue weighted by Crippen LogP contribution is -2.53. The Kier molecular flexibility index (Phi) is 10.7. The minimum absolute atomic E-state index is 0.0598. The number of hydrogen-bond acceptors (Lipinski definition) is 6. The Labute approximate surface area is 290 Å². The maximum Gasteiger partial charge on any atom is 0.266 e. The van der Waals surface area contributed by atoms with Gasteiger partial charge in [0.05, 0.1) is 16.7 Å². The molecule has 7 nitrogen and oxygen atoms in total. The highest BCUT2D eigenvalue weighted by molar-refractivity contribution is 6.42. The minimum Gasteiger partial charge on any atom is -0.494 e. The van der Waals surface area contributed by atoms with Gasteiger partial charge in [0.1, 0.15) is 5.75 Å². The van der Waals surface area contributed by atoms with Gasteiger partial charge in [-0.3, -0.25) is 10.2 Å². The minimum atomic E-state index is -1.37. The monoisotopic (exact) mass is 679 g/mol. The third kappa shape index (κ3) is 7.72. The maximum atomic E-state index is 14.5. The molecule has 0 unspecified atom stereocenters. The second-order valence-corrected chi connectivity index (χ2v) is 12.3. The number of aliphatic imine (C=N–C) groups is 1. The highest BCUT2D eigenvalue weighted by atomic mass is 35.5. The van der Waals surface area contributed by atoms with Gasteiger partial charge in [0.2, 0.25) is 5.90 Å². The molecule has 3 N–H and O–H groups in total. The van der Waals surface area contributed by atoms with E-state index in [0.29, 0.717) is 46.8 Å².